The lowest BCUT2D eigenvalue weighted by atomic mass is 10.2. The van der Waals surface area contributed by atoms with E-state index in [1.165, 1.54) is 11.8 Å². The number of thioether (sulfide) groups is 1. The summed E-state index contributed by atoms with van der Waals surface area (Å²) in [4.78, 5) is 24.9. The smallest absolute Gasteiger partial charge is 0.313 e. The molecular weight excluding hydrogens is 384 g/mol. The first-order chi connectivity index (χ1) is 13.1. The van der Waals surface area contributed by atoms with Crippen molar-refractivity contribution in [3.05, 3.63) is 59.0 Å². The second kappa shape index (κ2) is 8.90. The van der Waals surface area contributed by atoms with E-state index in [9.17, 15) is 14.7 Å². The lowest BCUT2D eigenvalue weighted by molar-refractivity contribution is -0.136. The fourth-order valence-corrected chi connectivity index (χ4v) is 3.59. The van der Waals surface area contributed by atoms with Gasteiger partial charge < -0.3 is 20.2 Å². The van der Waals surface area contributed by atoms with Crippen LogP contribution in [0.3, 0.4) is 0 Å². The van der Waals surface area contributed by atoms with Gasteiger partial charge in [0.15, 0.2) is 0 Å². The van der Waals surface area contributed by atoms with Crippen molar-refractivity contribution in [1.82, 2.24) is 5.32 Å². The third-order valence-electron chi connectivity index (χ3n) is 3.78. The Bertz CT molecular complexity index is 921. The molecule has 0 aliphatic rings. The van der Waals surface area contributed by atoms with Gasteiger partial charge in [0.2, 0.25) is 0 Å². The molecule has 0 aliphatic heterocycles. The highest BCUT2D eigenvalue weighted by molar-refractivity contribution is 7.98. The van der Waals surface area contributed by atoms with Crippen molar-refractivity contribution in [3.63, 3.8) is 0 Å². The Morgan fingerprint density at radius 3 is 2.74 bits per heavy atom. The molecule has 0 spiro atoms. The van der Waals surface area contributed by atoms with E-state index in [-0.39, 0.29) is 6.54 Å². The Hall–Kier alpha value is -2.55. The molecule has 27 heavy (non-hydrogen) atoms. The summed E-state index contributed by atoms with van der Waals surface area (Å²) in [6.07, 6.45) is 0.836. The summed E-state index contributed by atoms with van der Waals surface area (Å²) >= 11 is 3.01. The van der Waals surface area contributed by atoms with Crippen LogP contribution in [-0.4, -0.2) is 29.7 Å². The number of anilines is 1. The van der Waals surface area contributed by atoms with Gasteiger partial charge in [0.25, 0.3) is 0 Å². The van der Waals surface area contributed by atoms with Crippen molar-refractivity contribution < 1.29 is 19.1 Å². The second-order valence-corrected chi connectivity index (χ2v) is 7.22. The Balaban J connectivity index is 1.54. The zero-order valence-electron chi connectivity index (χ0n) is 14.5. The monoisotopic (exact) mass is 402 g/mol. The molecule has 2 heterocycles. The fraction of sp³-hybridized carbons (Fsp3) is 0.158. The molecule has 2 amide bonds. The van der Waals surface area contributed by atoms with Crippen LogP contribution in [0.1, 0.15) is 11.9 Å². The van der Waals surface area contributed by atoms with Crippen molar-refractivity contribution in [2.45, 2.75) is 11.0 Å². The van der Waals surface area contributed by atoms with E-state index in [4.69, 9.17) is 4.42 Å². The molecule has 6 nitrogen and oxygen atoms in total. The molecule has 0 radical (unpaired) electrons. The maximum atomic E-state index is 12.1. The molecule has 0 saturated carbocycles. The summed E-state index contributed by atoms with van der Waals surface area (Å²) in [7, 11) is 0. The van der Waals surface area contributed by atoms with E-state index in [2.05, 4.69) is 10.6 Å². The number of para-hydroxylation sites is 1. The predicted octanol–water partition coefficient (Wildman–Crippen LogP) is 3.52. The van der Waals surface area contributed by atoms with E-state index in [0.717, 1.165) is 10.5 Å². The van der Waals surface area contributed by atoms with Gasteiger partial charge in [-0.2, -0.15) is 11.3 Å². The first kappa shape index (κ1) is 19.2. The topological polar surface area (TPSA) is 91.6 Å². The van der Waals surface area contributed by atoms with Gasteiger partial charge in [0.05, 0.1) is 12.2 Å². The Morgan fingerprint density at radius 2 is 2.00 bits per heavy atom. The molecule has 2 aromatic heterocycles. The minimum atomic E-state index is -1.05. The summed E-state index contributed by atoms with van der Waals surface area (Å²) in [6, 6.07) is 12.5. The number of aliphatic hydroxyl groups excluding tert-OH is 1. The van der Waals surface area contributed by atoms with E-state index >= 15 is 0 Å². The van der Waals surface area contributed by atoms with Crippen LogP contribution in [-0.2, 0) is 9.59 Å². The lowest BCUT2D eigenvalue weighted by Crippen LogP contribution is -2.37. The van der Waals surface area contributed by atoms with Gasteiger partial charge in [-0.15, -0.1) is 11.8 Å². The molecule has 3 rings (SSSR count). The van der Waals surface area contributed by atoms with Crippen LogP contribution in [0.25, 0.3) is 11.3 Å². The molecule has 3 N–H and O–H groups in total. The van der Waals surface area contributed by atoms with Gasteiger partial charge in [-0.1, -0.05) is 12.1 Å². The number of carbonyl (C=O) groups is 2. The highest BCUT2D eigenvalue weighted by atomic mass is 32.2. The Kier molecular flexibility index (Phi) is 6.33. The third-order valence-corrected chi connectivity index (χ3v) is 5.26. The first-order valence-electron chi connectivity index (χ1n) is 8.11. The van der Waals surface area contributed by atoms with Crippen LogP contribution >= 0.6 is 23.1 Å². The number of rotatable bonds is 6. The zero-order chi connectivity index (χ0) is 19.2. The van der Waals surface area contributed by atoms with E-state index in [0.29, 0.717) is 17.2 Å². The molecule has 0 fully saturated rings. The lowest BCUT2D eigenvalue weighted by Gasteiger charge is -2.11. The Morgan fingerprint density at radius 1 is 1.19 bits per heavy atom. The quantitative estimate of drug-likeness (QED) is 0.433. The largest absolute Gasteiger partial charge is 0.458 e. The maximum absolute atomic E-state index is 12.1. The predicted molar refractivity (Wildman–Crippen MR) is 107 cm³/mol. The number of hydrogen-bond acceptors (Lipinski definition) is 6. The molecule has 1 aromatic carbocycles. The van der Waals surface area contributed by atoms with Gasteiger partial charge in [0, 0.05) is 15.8 Å². The molecule has 1 atom stereocenters. The first-order valence-corrected chi connectivity index (χ1v) is 10.3. The van der Waals surface area contributed by atoms with Crippen LogP contribution in [0.4, 0.5) is 5.69 Å². The average Bonchev–Trinajstić information content (AvgIpc) is 3.37. The van der Waals surface area contributed by atoms with Crippen LogP contribution < -0.4 is 10.6 Å². The molecule has 8 heteroatoms. The molecule has 0 unspecified atom stereocenters. The van der Waals surface area contributed by atoms with Gasteiger partial charge >= 0.3 is 11.8 Å². The van der Waals surface area contributed by atoms with Gasteiger partial charge in [-0.25, -0.2) is 0 Å². The number of carbonyl (C=O) groups excluding carboxylic acids is 2. The second-order valence-electron chi connectivity index (χ2n) is 5.59. The zero-order valence-corrected chi connectivity index (χ0v) is 16.1. The number of thiophene rings is 1. The number of benzene rings is 1. The highest BCUT2D eigenvalue weighted by Crippen LogP contribution is 2.27. The summed E-state index contributed by atoms with van der Waals surface area (Å²) in [6.45, 7) is -0.132. The van der Waals surface area contributed by atoms with Crippen molar-refractivity contribution in [2.24, 2.45) is 0 Å². The Labute approximate surface area is 164 Å². The molecule has 3 aromatic rings. The van der Waals surface area contributed by atoms with Gasteiger partial charge in [-0.3, -0.25) is 9.59 Å². The summed E-state index contributed by atoms with van der Waals surface area (Å²) in [5.74, 6) is -0.649. The van der Waals surface area contributed by atoms with Crippen molar-refractivity contribution in [2.75, 3.05) is 18.1 Å². The highest BCUT2D eigenvalue weighted by Gasteiger charge is 2.19. The number of aliphatic hydroxyl groups is 1. The van der Waals surface area contributed by atoms with Crippen molar-refractivity contribution in [1.29, 1.82) is 0 Å². The van der Waals surface area contributed by atoms with Gasteiger partial charge in [-0.05, 0) is 42.0 Å². The summed E-state index contributed by atoms with van der Waals surface area (Å²) in [5.41, 5.74) is 1.49. The number of amides is 2. The standard InChI is InChI=1S/C19H18N2O4S2/c1-26-17-5-3-2-4-13(17)21-19(24)18(23)20-10-14(22)16-7-6-15(25-16)12-8-9-27-11-12/h2-9,11,14,22H,10H2,1H3,(H,20,23)(H,21,24)/t14-/m1/s1. The van der Waals surface area contributed by atoms with Crippen LogP contribution in [0.2, 0.25) is 0 Å². The van der Waals surface area contributed by atoms with Crippen LogP contribution in [0.5, 0.6) is 0 Å². The average molecular weight is 402 g/mol. The molecule has 0 bridgehead atoms. The van der Waals surface area contributed by atoms with Crippen molar-refractivity contribution in [3.8, 4) is 11.3 Å². The third kappa shape index (κ3) is 4.79. The normalized spacial score (nSPS) is 11.8. The maximum Gasteiger partial charge on any atom is 0.313 e. The molecular formula is C19H18N2O4S2. The minimum absolute atomic E-state index is 0.132. The van der Waals surface area contributed by atoms with Crippen LogP contribution in [0.15, 0.2) is 62.5 Å². The number of nitrogens with one attached hydrogen (secondary N) is 2. The van der Waals surface area contributed by atoms with Crippen LogP contribution in [0, 0.1) is 0 Å². The fourth-order valence-electron chi connectivity index (χ4n) is 2.39. The number of furan rings is 1. The minimum Gasteiger partial charge on any atom is -0.458 e. The van der Waals surface area contributed by atoms with Crippen molar-refractivity contribution >= 4 is 40.6 Å². The van der Waals surface area contributed by atoms with E-state index < -0.39 is 17.9 Å². The van der Waals surface area contributed by atoms with E-state index in [1.54, 1.807) is 35.6 Å². The number of hydrogen-bond donors (Lipinski definition) is 3. The SMILES string of the molecule is CSc1ccccc1NC(=O)C(=O)NC[C@@H](O)c1ccc(-c2ccsc2)o1. The molecule has 0 aliphatic carbocycles. The molecule has 140 valence electrons. The summed E-state index contributed by atoms with van der Waals surface area (Å²) < 4.78 is 5.61. The molecule has 0 saturated heterocycles. The van der Waals surface area contributed by atoms with Gasteiger partial charge in [0.1, 0.15) is 17.6 Å². The van der Waals surface area contributed by atoms with E-state index in [1.807, 2.05) is 35.2 Å². The summed E-state index contributed by atoms with van der Waals surface area (Å²) in [5, 5.41) is 19.1.